The Morgan fingerprint density at radius 2 is 1.71 bits per heavy atom. The fourth-order valence-corrected chi connectivity index (χ4v) is 3.56. The summed E-state index contributed by atoms with van der Waals surface area (Å²) in [5, 5.41) is 0. The largest absolute Gasteiger partial charge is 0.319 e. The van der Waals surface area contributed by atoms with Gasteiger partial charge in [-0.25, -0.2) is 0 Å². The maximum absolute atomic E-state index is 12.2. The highest BCUT2D eigenvalue weighted by molar-refractivity contribution is 7.16. The molecule has 0 unspecified atom stereocenters. The third-order valence-corrected chi connectivity index (χ3v) is 4.83. The van der Waals surface area contributed by atoms with Crippen LogP contribution in [-0.2, 0) is 7.05 Å². The fourth-order valence-electron chi connectivity index (χ4n) is 2.40. The number of rotatable bonds is 1. The van der Waals surface area contributed by atoms with Crippen molar-refractivity contribution in [3.63, 3.8) is 0 Å². The van der Waals surface area contributed by atoms with Crippen LogP contribution in [0.25, 0.3) is 10.2 Å². The zero-order valence-electron chi connectivity index (χ0n) is 12.3. The number of carbonyl (C=O) groups excluding carboxylic acids is 1. The Bertz CT molecular complexity index is 888. The summed E-state index contributed by atoms with van der Waals surface area (Å²) in [6, 6.07) is 13.4. The molecule has 21 heavy (non-hydrogen) atoms. The van der Waals surface area contributed by atoms with Crippen LogP contribution >= 0.6 is 11.3 Å². The monoisotopic (exact) mass is 296 g/mol. The van der Waals surface area contributed by atoms with Gasteiger partial charge in [-0.05, 0) is 37.1 Å². The molecule has 0 N–H and O–H groups in total. The van der Waals surface area contributed by atoms with Crippen molar-refractivity contribution in [1.82, 2.24) is 4.57 Å². The zero-order chi connectivity index (χ0) is 15.0. The van der Waals surface area contributed by atoms with Gasteiger partial charge in [0.1, 0.15) is 0 Å². The van der Waals surface area contributed by atoms with Crippen molar-refractivity contribution in [1.29, 1.82) is 0 Å². The van der Waals surface area contributed by atoms with Crippen LogP contribution in [0.1, 0.15) is 21.5 Å². The third kappa shape index (κ3) is 2.43. The maximum atomic E-state index is 12.2. The average Bonchev–Trinajstić information content (AvgIpc) is 2.82. The second-order valence-electron chi connectivity index (χ2n) is 5.10. The number of aryl methyl sites for hydroxylation is 3. The minimum atomic E-state index is -0.201. The van der Waals surface area contributed by atoms with E-state index in [1.54, 1.807) is 23.5 Å². The van der Waals surface area contributed by atoms with Gasteiger partial charge < -0.3 is 4.57 Å². The SMILES string of the molecule is Cc1ccc(C)c2c1sc(=NC(=O)c1ccccc1)n2C. The van der Waals surface area contributed by atoms with Crippen molar-refractivity contribution in [3.8, 4) is 0 Å². The molecule has 2 aromatic carbocycles. The summed E-state index contributed by atoms with van der Waals surface area (Å²) in [6.07, 6.45) is 0. The van der Waals surface area contributed by atoms with E-state index in [9.17, 15) is 4.79 Å². The molecule has 1 heterocycles. The van der Waals surface area contributed by atoms with E-state index < -0.39 is 0 Å². The molecule has 0 saturated heterocycles. The molecule has 0 aliphatic carbocycles. The van der Waals surface area contributed by atoms with Gasteiger partial charge in [0, 0.05) is 12.6 Å². The molecule has 0 aliphatic heterocycles. The predicted molar refractivity (Wildman–Crippen MR) is 86.6 cm³/mol. The van der Waals surface area contributed by atoms with Crippen LogP contribution < -0.4 is 4.80 Å². The molecule has 0 atom stereocenters. The van der Waals surface area contributed by atoms with Crippen LogP contribution in [0.15, 0.2) is 47.5 Å². The summed E-state index contributed by atoms with van der Waals surface area (Å²) in [6.45, 7) is 4.17. The molecule has 1 aromatic heterocycles. The number of benzene rings is 2. The van der Waals surface area contributed by atoms with E-state index in [2.05, 4.69) is 31.0 Å². The Morgan fingerprint density at radius 3 is 2.38 bits per heavy atom. The molecular weight excluding hydrogens is 280 g/mol. The Labute approximate surface area is 127 Å². The van der Waals surface area contributed by atoms with E-state index in [4.69, 9.17) is 0 Å². The van der Waals surface area contributed by atoms with Gasteiger partial charge in [-0.2, -0.15) is 4.99 Å². The van der Waals surface area contributed by atoms with Crippen molar-refractivity contribution in [2.24, 2.45) is 12.0 Å². The van der Waals surface area contributed by atoms with Crippen LogP contribution in [0.3, 0.4) is 0 Å². The van der Waals surface area contributed by atoms with E-state index >= 15 is 0 Å². The van der Waals surface area contributed by atoms with Gasteiger partial charge in [0.15, 0.2) is 4.80 Å². The Kier molecular flexibility index (Phi) is 3.47. The summed E-state index contributed by atoms with van der Waals surface area (Å²) in [5.74, 6) is -0.201. The van der Waals surface area contributed by atoms with Crippen LogP contribution in [0, 0.1) is 13.8 Å². The van der Waals surface area contributed by atoms with Crippen molar-refractivity contribution in [2.45, 2.75) is 13.8 Å². The van der Waals surface area contributed by atoms with E-state index in [-0.39, 0.29) is 5.91 Å². The quantitative estimate of drug-likeness (QED) is 0.675. The van der Waals surface area contributed by atoms with Gasteiger partial charge in [0.05, 0.1) is 10.2 Å². The van der Waals surface area contributed by atoms with E-state index in [0.29, 0.717) is 5.56 Å². The number of fused-ring (bicyclic) bond motifs is 1. The molecule has 106 valence electrons. The van der Waals surface area contributed by atoms with Gasteiger partial charge in [-0.3, -0.25) is 4.79 Å². The molecule has 0 bridgehead atoms. The van der Waals surface area contributed by atoms with Crippen molar-refractivity contribution in [3.05, 3.63) is 64.0 Å². The van der Waals surface area contributed by atoms with E-state index in [0.717, 1.165) is 10.3 Å². The highest BCUT2D eigenvalue weighted by atomic mass is 32.1. The number of thiazole rings is 1. The highest BCUT2D eigenvalue weighted by Gasteiger charge is 2.10. The molecule has 1 amide bonds. The second-order valence-corrected chi connectivity index (χ2v) is 6.08. The number of aromatic nitrogens is 1. The number of hydrogen-bond donors (Lipinski definition) is 0. The highest BCUT2D eigenvalue weighted by Crippen LogP contribution is 2.24. The maximum Gasteiger partial charge on any atom is 0.279 e. The number of amides is 1. The molecule has 0 fully saturated rings. The summed E-state index contributed by atoms with van der Waals surface area (Å²) in [4.78, 5) is 17.3. The first-order valence-corrected chi connectivity index (χ1v) is 7.59. The topological polar surface area (TPSA) is 34.4 Å². The van der Waals surface area contributed by atoms with Crippen LogP contribution in [-0.4, -0.2) is 10.5 Å². The van der Waals surface area contributed by atoms with Gasteiger partial charge in [0.2, 0.25) is 0 Å². The molecule has 0 radical (unpaired) electrons. The molecule has 0 spiro atoms. The Hall–Kier alpha value is -2.20. The van der Waals surface area contributed by atoms with Gasteiger partial charge in [-0.1, -0.05) is 41.7 Å². The summed E-state index contributed by atoms with van der Waals surface area (Å²) >= 11 is 1.56. The first kappa shape index (κ1) is 13.8. The number of hydrogen-bond acceptors (Lipinski definition) is 2. The second kappa shape index (κ2) is 5.30. The number of nitrogens with zero attached hydrogens (tertiary/aromatic N) is 2. The van der Waals surface area contributed by atoms with E-state index in [1.165, 1.54) is 15.8 Å². The predicted octanol–water partition coefficient (Wildman–Crippen LogP) is 3.60. The summed E-state index contributed by atoms with van der Waals surface area (Å²) in [7, 11) is 1.96. The van der Waals surface area contributed by atoms with Gasteiger partial charge in [0.25, 0.3) is 5.91 Å². The fraction of sp³-hybridized carbons (Fsp3) is 0.176. The third-order valence-electron chi connectivity index (χ3n) is 3.56. The van der Waals surface area contributed by atoms with Gasteiger partial charge in [-0.15, -0.1) is 0 Å². The Morgan fingerprint density at radius 1 is 1.05 bits per heavy atom. The average molecular weight is 296 g/mol. The molecule has 3 aromatic rings. The molecule has 3 rings (SSSR count). The van der Waals surface area contributed by atoms with Crippen LogP contribution in [0.4, 0.5) is 0 Å². The lowest BCUT2D eigenvalue weighted by Crippen LogP contribution is -2.13. The smallest absolute Gasteiger partial charge is 0.279 e. The van der Waals surface area contributed by atoms with Crippen LogP contribution in [0.5, 0.6) is 0 Å². The lowest BCUT2D eigenvalue weighted by atomic mass is 10.1. The van der Waals surface area contributed by atoms with Gasteiger partial charge >= 0.3 is 0 Å². The molecular formula is C17H16N2OS. The molecule has 4 heteroatoms. The molecule has 0 aliphatic rings. The van der Waals surface area contributed by atoms with E-state index in [1.807, 2.05) is 29.8 Å². The van der Waals surface area contributed by atoms with Crippen molar-refractivity contribution < 1.29 is 4.79 Å². The molecule has 0 saturated carbocycles. The minimum absolute atomic E-state index is 0.201. The lowest BCUT2D eigenvalue weighted by Gasteiger charge is -2.01. The molecule has 3 nitrogen and oxygen atoms in total. The summed E-state index contributed by atoms with van der Waals surface area (Å²) < 4.78 is 3.19. The summed E-state index contributed by atoms with van der Waals surface area (Å²) in [5.41, 5.74) is 4.18. The zero-order valence-corrected chi connectivity index (χ0v) is 13.1. The first-order valence-electron chi connectivity index (χ1n) is 6.78. The first-order chi connectivity index (χ1) is 10.1. The van der Waals surface area contributed by atoms with Crippen LogP contribution in [0.2, 0.25) is 0 Å². The van der Waals surface area contributed by atoms with Crippen molar-refractivity contribution >= 4 is 27.5 Å². The Balaban J connectivity index is 2.20. The lowest BCUT2D eigenvalue weighted by molar-refractivity contribution is 0.0998. The normalized spacial score (nSPS) is 12.0. The standard InChI is InChI=1S/C17H16N2OS/c1-11-9-10-12(2)15-14(11)19(3)17(21-15)18-16(20)13-7-5-4-6-8-13/h4-10H,1-3H3. The van der Waals surface area contributed by atoms with Crippen molar-refractivity contribution in [2.75, 3.05) is 0 Å². The minimum Gasteiger partial charge on any atom is -0.319 e. The number of carbonyl (C=O) groups is 1.